The maximum atomic E-state index is 11.1. The fourth-order valence-electron chi connectivity index (χ4n) is 4.15. The SMILES string of the molecule is C=C1COC2(O)C(O)C(C)C3CCC(C)=CC3C12O. The molecule has 3 rings (SSSR count). The Labute approximate surface area is 113 Å². The third kappa shape index (κ3) is 1.43. The first-order valence-corrected chi connectivity index (χ1v) is 6.94. The molecule has 6 unspecified atom stereocenters. The van der Waals surface area contributed by atoms with Gasteiger partial charge in [-0.2, -0.15) is 0 Å². The standard InChI is InChI=1S/C15H22O4/c1-8-4-5-11-10(3)13(16)15(18)14(17,12(11)6-8)9(2)7-19-15/h6,10-13,16-18H,2,4-5,7H2,1,3H3. The summed E-state index contributed by atoms with van der Waals surface area (Å²) in [6.07, 6.45) is 2.82. The Morgan fingerprint density at radius 2 is 2.11 bits per heavy atom. The van der Waals surface area contributed by atoms with E-state index in [-0.39, 0.29) is 24.4 Å². The van der Waals surface area contributed by atoms with Gasteiger partial charge in [0.25, 0.3) is 0 Å². The molecule has 6 atom stereocenters. The van der Waals surface area contributed by atoms with E-state index in [9.17, 15) is 15.3 Å². The fourth-order valence-corrected chi connectivity index (χ4v) is 4.15. The van der Waals surface area contributed by atoms with E-state index >= 15 is 0 Å². The average Bonchev–Trinajstić information content (AvgIpc) is 2.63. The minimum atomic E-state index is -1.93. The van der Waals surface area contributed by atoms with Crippen molar-refractivity contribution in [1.82, 2.24) is 0 Å². The van der Waals surface area contributed by atoms with Crippen LogP contribution in [0, 0.1) is 17.8 Å². The fraction of sp³-hybridized carbons (Fsp3) is 0.733. The summed E-state index contributed by atoms with van der Waals surface area (Å²) in [4.78, 5) is 0. The van der Waals surface area contributed by atoms with E-state index in [1.165, 1.54) is 5.57 Å². The Morgan fingerprint density at radius 3 is 2.79 bits per heavy atom. The predicted octanol–water partition coefficient (Wildman–Crippen LogP) is 0.976. The summed E-state index contributed by atoms with van der Waals surface area (Å²) >= 11 is 0. The van der Waals surface area contributed by atoms with Gasteiger partial charge in [0, 0.05) is 5.92 Å². The van der Waals surface area contributed by atoms with Crippen molar-refractivity contribution in [1.29, 1.82) is 0 Å². The Kier molecular flexibility index (Phi) is 2.74. The molecule has 0 aromatic carbocycles. The second-order valence-electron chi connectivity index (χ2n) is 6.40. The summed E-state index contributed by atoms with van der Waals surface area (Å²) in [5, 5.41) is 32.2. The lowest BCUT2D eigenvalue weighted by Crippen LogP contribution is -2.70. The number of rotatable bonds is 0. The molecule has 0 radical (unpaired) electrons. The first kappa shape index (κ1) is 13.3. The maximum Gasteiger partial charge on any atom is 0.227 e. The largest absolute Gasteiger partial charge is 0.387 e. The predicted molar refractivity (Wildman–Crippen MR) is 70.1 cm³/mol. The van der Waals surface area contributed by atoms with Gasteiger partial charge in [0.15, 0.2) is 5.60 Å². The third-order valence-electron chi connectivity index (χ3n) is 5.41. The molecule has 19 heavy (non-hydrogen) atoms. The van der Waals surface area contributed by atoms with E-state index in [0.717, 1.165) is 12.8 Å². The van der Waals surface area contributed by atoms with Crippen LogP contribution in [-0.2, 0) is 4.74 Å². The number of hydrogen-bond acceptors (Lipinski definition) is 4. The van der Waals surface area contributed by atoms with Crippen molar-refractivity contribution in [2.45, 2.75) is 44.2 Å². The molecular weight excluding hydrogens is 244 g/mol. The van der Waals surface area contributed by atoms with Crippen molar-refractivity contribution >= 4 is 0 Å². The number of fused-ring (bicyclic) bond motifs is 3. The van der Waals surface area contributed by atoms with Crippen molar-refractivity contribution in [3.8, 4) is 0 Å². The minimum absolute atomic E-state index is 0.0902. The highest BCUT2D eigenvalue weighted by atomic mass is 16.7. The zero-order chi connectivity index (χ0) is 14.0. The lowest BCUT2D eigenvalue weighted by atomic mass is 9.56. The molecule has 4 heteroatoms. The quantitative estimate of drug-likeness (QED) is 0.572. The topological polar surface area (TPSA) is 69.9 Å². The van der Waals surface area contributed by atoms with Crippen molar-refractivity contribution < 1.29 is 20.1 Å². The van der Waals surface area contributed by atoms with Gasteiger partial charge in [-0.15, -0.1) is 0 Å². The van der Waals surface area contributed by atoms with E-state index in [1.807, 2.05) is 19.9 Å². The van der Waals surface area contributed by atoms with E-state index in [1.54, 1.807) is 0 Å². The van der Waals surface area contributed by atoms with Crippen LogP contribution in [0.5, 0.6) is 0 Å². The molecule has 2 fully saturated rings. The molecule has 0 bridgehead atoms. The molecule has 0 aromatic heterocycles. The van der Waals surface area contributed by atoms with Crippen LogP contribution in [0.2, 0.25) is 0 Å². The summed E-state index contributed by atoms with van der Waals surface area (Å²) in [5.74, 6) is -2.15. The van der Waals surface area contributed by atoms with Gasteiger partial charge in [0.1, 0.15) is 6.10 Å². The lowest BCUT2D eigenvalue weighted by molar-refractivity contribution is -0.338. The monoisotopic (exact) mass is 266 g/mol. The zero-order valence-corrected chi connectivity index (χ0v) is 11.5. The van der Waals surface area contributed by atoms with Gasteiger partial charge in [-0.05, 0) is 37.2 Å². The lowest BCUT2D eigenvalue weighted by Gasteiger charge is -2.55. The Bertz CT molecular complexity index is 457. The van der Waals surface area contributed by atoms with E-state index < -0.39 is 17.5 Å². The first-order valence-electron chi connectivity index (χ1n) is 6.94. The second-order valence-corrected chi connectivity index (χ2v) is 6.40. The molecule has 3 aliphatic rings. The number of allylic oxidation sites excluding steroid dienone is 1. The van der Waals surface area contributed by atoms with Gasteiger partial charge in [-0.1, -0.05) is 25.2 Å². The van der Waals surface area contributed by atoms with Crippen molar-refractivity contribution in [3.63, 3.8) is 0 Å². The van der Waals surface area contributed by atoms with Gasteiger partial charge in [-0.25, -0.2) is 0 Å². The zero-order valence-electron chi connectivity index (χ0n) is 11.5. The molecule has 0 amide bonds. The van der Waals surface area contributed by atoms with Crippen LogP contribution in [0.1, 0.15) is 26.7 Å². The summed E-state index contributed by atoms with van der Waals surface area (Å²) in [5.41, 5.74) is 0.0906. The van der Waals surface area contributed by atoms with Crippen molar-refractivity contribution in [2.24, 2.45) is 17.8 Å². The molecule has 1 heterocycles. The highest BCUT2D eigenvalue weighted by molar-refractivity contribution is 5.34. The smallest absolute Gasteiger partial charge is 0.227 e. The van der Waals surface area contributed by atoms with Crippen LogP contribution in [0.15, 0.2) is 23.8 Å². The highest BCUT2D eigenvalue weighted by Crippen LogP contribution is 2.57. The second kappa shape index (κ2) is 3.92. The van der Waals surface area contributed by atoms with E-state index in [2.05, 4.69) is 6.58 Å². The summed E-state index contributed by atoms with van der Waals surface area (Å²) < 4.78 is 5.35. The number of aliphatic hydroxyl groups excluding tert-OH is 1. The summed E-state index contributed by atoms with van der Waals surface area (Å²) in [7, 11) is 0. The molecular formula is C15H22O4. The summed E-state index contributed by atoms with van der Waals surface area (Å²) in [6.45, 7) is 7.90. The Balaban J connectivity index is 2.15. The van der Waals surface area contributed by atoms with Gasteiger partial charge >= 0.3 is 0 Å². The third-order valence-corrected chi connectivity index (χ3v) is 5.41. The van der Waals surface area contributed by atoms with Crippen molar-refractivity contribution in [2.75, 3.05) is 6.61 Å². The summed E-state index contributed by atoms with van der Waals surface area (Å²) in [6, 6.07) is 0. The van der Waals surface area contributed by atoms with Crippen molar-refractivity contribution in [3.05, 3.63) is 23.8 Å². The normalized spacial score (nSPS) is 53.5. The maximum absolute atomic E-state index is 11.1. The molecule has 0 spiro atoms. The molecule has 2 aliphatic carbocycles. The first-order chi connectivity index (χ1) is 8.82. The number of ether oxygens (including phenoxy) is 1. The number of hydrogen-bond donors (Lipinski definition) is 3. The van der Waals surface area contributed by atoms with Gasteiger partial charge < -0.3 is 20.1 Å². The Morgan fingerprint density at radius 1 is 1.42 bits per heavy atom. The molecule has 106 valence electrons. The highest BCUT2D eigenvalue weighted by Gasteiger charge is 2.70. The van der Waals surface area contributed by atoms with Crippen LogP contribution < -0.4 is 0 Å². The van der Waals surface area contributed by atoms with Crippen LogP contribution in [0.3, 0.4) is 0 Å². The molecule has 0 aromatic rings. The molecule has 1 saturated heterocycles. The Hall–Kier alpha value is -0.680. The number of aliphatic hydroxyl groups is 3. The molecule has 3 N–H and O–H groups in total. The van der Waals surface area contributed by atoms with Gasteiger partial charge in [-0.3, -0.25) is 0 Å². The molecule has 1 saturated carbocycles. The minimum Gasteiger partial charge on any atom is -0.387 e. The van der Waals surface area contributed by atoms with Gasteiger partial charge in [0.05, 0.1) is 6.61 Å². The van der Waals surface area contributed by atoms with Crippen LogP contribution >= 0.6 is 0 Å². The van der Waals surface area contributed by atoms with Gasteiger partial charge in [0.2, 0.25) is 5.79 Å². The van der Waals surface area contributed by atoms with E-state index in [4.69, 9.17) is 4.74 Å². The van der Waals surface area contributed by atoms with Crippen LogP contribution in [-0.4, -0.2) is 39.4 Å². The molecule has 1 aliphatic heterocycles. The van der Waals surface area contributed by atoms with Crippen LogP contribution in [0.25, 0.3) is 0 Å². The average molecular weight is 266 g/mol. The molecule has 4 nitrogen and oxygen atoms in total. The van der Waals surface area contributed by atoms with Crippen LogP contribution in [0.4, 0.5) is 0 Å². The van der Waals surface area contributed by atoms with E-state index in [0.29, 0.717) is 5.57 Å².